The van der Waals surface area contributed by atoms with Gasteiger partial charge in [0.05, 0.1) is 6.04 Å². The topological polar surface area (TPSA) is 6.48 Å². The van der Waals surface area contributed by atoms with E-state index in [4.69, 9.17) is 0 Å². The van der Waals surface area contributed by atoms with Crippen LogP contribution in [0, 0.1) is 0 Å². The van der Waals surface area contributed by atoms with Crippen LogP contribution in [-0.2, 0) is 6.42 Å². The Kier molecular flexibility index (Phi) is 7.20. The molecule has 2 nitrogen and oxygen atoms in total. The molecule has 0 aromatic heterocycles. The third kappa shape index (κ3) is 4.88. The summed E-state index contributed by atoms with van der Waals surface area (Å²) in [6.07, 6.45) is 3.26. The van der Waals surface area contributed by atoms with Crippen molar-refractivity contribution in [1.82, 2.24) is 9.80 Å². The molecule has 4 heteroatoms. The number of fused-ring (bicyclic) bond motifs is 2. The first-order valence-corrected chi connectivity index (χ1v) is 14.9. The summed E-state index contributed by atoms with van der Waals surface area (Å²) in [7, 11) is 0. The molecule has 2 heterocycles. The van der Waals surface area contributed by atoms with Gasteiger partial charge < -0.3 is 0 Å². The van der Waals surface area contributed by atoms with E-state index in [0.29, 0.717) is 12.1 Å². The van der Waals surface area contributed by atoms with E-state index in [1.165, 1.54) is 36.9 Å². The fourth-order valence-electron chi connectivity index (χ4n) is 5.73. The number of rotatable bonds is 5. The first-order valence-electron chi connectivity index (χ1n) is 12.8. The number of piperazine rings is 1. The van der Waals surface area contributed by atoms with Crippen LogP contribution in [-0.4, -0.2) is 42.2 Å². The Morgan fingerprint density at radius 3 is 2.03 bits per heavy atom. The van der Waals surface area contributed by atoms with Crippen molar-refractivity contribution in [2.75, 3.05) is 32.4 Å². The van der Waals surface area contributed by atoms with Crippen molar-refractivity contribution in [2.45, 2.75) is 33.2 Å². The molecule has 0 bridgehead atoms. The molecule has 0 aliphatic carbocycles. The summed E-state index contributed by atoms with van der Waals surface area (Å²) in [5.74, 6) is 0. The van der Waals surface area contributed by atoms with Crippen LogP contribution in [0.5, 0.6) is 0 Å². The Morgan fingerprint density at radius 2 is 1.36 bits per heavy atom. The lowest BCUT2D eigenvalue weighted by atomic mass is 9.94. The van der Waals surface area contributed by atoms with Crippen LogP contribution >= 0.6 is 23.5 Å². The van der Waals surface area contributed by atoms with Gasteiger partial charge in [0.1, 0.15) is 0 Å². The second-order valence-corrected chi connectivity index (χ2v) is 11.6. The fourth-order valence-corrected chi connectivity index (χ4v) is 7.30. The van der Waals surface area contributed by atoms with Gasteiger partial charge in [-0.25, -0.2) is 0 Å². The van der Waals surface area contributed by atoms with Crippen LogP contribution < -0.4 is 0 Å². The molecule has 36 heavy (non-hydrogen) atoms. The Bertz CT molecular complexity index is 1260. The second-order valence-electron chi connectivity index (χ2n) is 9.63. The maximum atomic E-state index is 2.75. The first-order chi connectivity index (χ1) is 17.8. The van der Waals surface area contributed by atoms with Crippen LogP contribution in [0.1, 0.15) is 34.3 Å². The van der Waals surface area contributed by atoms with E-state index in [1.807, 2.05) is 23.5 Å². The second kappa shape index (κ2) is 10.9. The van der Waals surface area contributed by atoms with Gasteiger partial charge in [-0.3, -0.25) is 9.80 Å². The van der Waals surface area contributed by atoms with Crippen molar-refractivity contribution < 1.29 is 0 Å². The quantitative estimate of drug-likeness (QED) is 0.256. The highest BCUT2D eigenvalue weighted by molar-refractivity contribution is 7.99. The summed E-state index contributed by atoms with van der Waals surface area (Å²) in [5.41, 5.74) is 5.74. The molecule has 0 saturated carbocycles. The van der Waals surface area contributed by atoms with Crippen molar-refractivity contribution in [3.63, 3.8) is 0 Å². The third-order valence-corrected chi connectivity index (χ3v) is 9.50. The average Bonchev–Trinajstić information content (AvgIpc) is 3.11. The van der Waals surface area contributed by atoms with E-state index in [-0.39, 0.29) is 0 Å². The van der Waals surface area contributed by atoms with E-state index in [0.717, 1.165) is 32.6 Å². The standard InChI is InChI=1S/C32H32N2S2/c1-35-27-16-17-31-28(23-27)29(22-26-14-8-9-15-30(26)36-31)33-18-20-34(21-19-33)32(24-10-4-2-5-11-24)25-12-6-3-7-13-25/h2-17,23,29,32H,18-22H2,1H3/t29-/m1/s1. The van der Waals surface area contributed by atoms with Gasteiger partial charge in [0.25, 0.3) is 0 Å². The largest absolute Gasteiger partial charge is 0.293 e. The van der Waals surface area contributed by atoms with Gasteiger partial charge in [0, 0.05) is 46.9 Å². The van der Waals surface area contributed by atoms with Gasteiger partial charge in [-0.05, 0) is 59.2 Å². The number of nitrogens with zero attached hydrogens (tertiary/aromatic N) is 2. The molecule has 0 N–H and O–H groups in total. The van der Waals surface area contributed by atoms with Gasteiger partial charge in [-0.2, -0.15) is 0 Å². The number of benzene rings is 4. The Balaban J connectivity index is 1.29. The van der Waals surface area contributed by atoms with Crippen LogP contribution in [0.4, 0.5) is 0 Å². The molecular formula is C32H32N2S2. The van der Waals surface area contributed by atoms with Crippen LogP contribution in [0.3, 0.4) is 0 Å². The minimum Gasteiger partial charge on any atom is -0.293 e. The zero-order valence-electron chi connectivity index (χ0n) is 20.7. The Labute approximate surface area is 223 Å². The third-order valence-electron chi connectivity index (χ3n) is 7.57. The predicted octanol–water partition coefficient (Wildman–Crippen LogP) is 7.56. The molecule has 2 aliphatic heterocycles. The van der Waals surface area contributed by atoms with Gasteiger partial charge in [-0.1, -0.05) is 90.6 Å². The Morgan fingerprint density at radius 1 is 0.722 bits per heavy atom. The predicted molar refractivity (Wildman–Crippen MR) is 153 cm³/mol. The highest BCUT2D eigenvalue weighted by atomic mass is 32.2. The molecule has 2 aliphatic rings. The molecule has 0 amide bonds. The molecule has 1 atom stereocenters. The van der Waals surface area contributed by atoms with Gasteiger partial charge in [0.15, 0.2) is 0 Å². The van der Waals surface area contributed by atoms with Crippen LogP contribution in [0.15, 0.2) is 118 Å². The van der Waals surface area contributed by atoms with E-state index in [2.05, 4.69) is 119 Å². The fraction of sp³-hybridized carbons (Fsp3) is 0.250. The molecule has 4 aromatic carbocycles. The SMILES string of the molecule is CSc1ccc2c(c1)[C@H](N1CCN(C(c3ccccc3)c3ccccc3)CC1)Cc1ccccc1S2. The molecule has 182 valence electrons. The van der Waals surface area contributed by atoms with Crippen molar-refractivity contribution in [3.05, 3.63) is 125 Å². The monoisotopic (exact) mass is 508 g/mol. The molecule has 0 unspecified atom stereocenters. The minimum atomic E-state index is 0.301. The summed E-state index contributed by atoms with van der Waals surface area (Å²) in [6.45, 7) is 4.29. The van der Waals surface area contributed by atoms with E-state index < -0.39 is 0 Å². The lowest BCUT2D eigenvalue weighted by Crippen LogP contribution is -2.49. The summed E-state index contributed by atoms with van der Waals surface area (Å²) in [6, 6.07) is 38.8. The zero-order chi connectivity index (χ0) is 24.3. The van der Waals surface area contributed by atoms with Crippen LogP contribution in [0.25, 0.3) is 0 Å². The molecule has 0 spiro atoms. The lowest BCUT2D eigenvalue weighted by molar-refractivity contribution is 0.0772. The maximum Gasteiger partial charge on any atom is 0.0602 e. The number of hydrogen-bond acceptors (Lipinski definition) is 4. The Hall–Kier alpha value is -2.50. The van der Waals surface area contributed by atoms with Crippen LogP contribution in [0.2, 0.25) is 0 Å². The molecule has 4 aromatic rings. The summed E-state index contributed by atoms with van der Waals surface area (Å²) in [4.78, 5) is 9.60. The highest BCUT2D eigenvalue weighted by Crippen LogP contribution is 2.44. The van der Waals surface area contributed by atoms with Crippen molar-refractivity contribution in [1.29, 1.82) is 0 Å². The van der Waals surface area contributed by atoms with E-state index >= 15 is 0 Å². The summed E-state index contributed by atoms with van der Waals surface area (Å²) in [5, 5.41) is 0. The molecule has 0 radical (unpaired) electrons. The van der Waals surface area contributed by atoms with Crippen molar-refractivity contribution in [2.24, 2.45) is 0 Å². The lowest BCUT2D eigenvalue weighted by Gasteiger charge is -2.43. The first kappa shape index (κ1) is 23.9. The zero-order valence-corrected chi connectivity index (χ0v) is 22.3. The van der Waals surface area contributed by atoms with E-state index in [9.17, 15) is 0 Å². The summed E-state index contributed by atoms with van der Waals surface area (Å²) < 4.78 is 0. The molecule has 1 saturated heterocycles. The minimum absolute atomic E-state index is 0.301. The maximum absolute atomic E-state index is 2.75. The molecule has 1 fully saturated rings. The average molecular weight is 509 g/mol. The summed E-state index contributed by atoms with van der Waals surface area (Å²) >= 11 is 3.79. The smallest absolute Gasteiger partial charge is 0.0602 e. The number of thioether (sulfide) groups is 1. The molecule has 6 rings (SSSR count). The normalized spacial score (nSPS) is 18.4. The molecular weight excluding hydrogens is 477 g/mol. The van der Waals surface area contributed by atoms with E-state index in [1.54, 1.807) is 0 Å². The van der Waals surface area contributed by atoms with Gasteiger partial charge in [-0.15, -0.1) is 11.8 Å². The van der Waals surface area contributed by atoms with Gasteiger partial charge in [0.2, 0.25) is 0 Å². The highest BCUT2D eigenvalue weighted by Gasteiger charge is 2.32. The number of hydrogen-bond donors (Lipinski definition) is 0. The van der Waals surface area contributed by atoms with Crippen molar-refractivity contribution in [3.8, 4) is 0 Å². The van der Waals surface area contributed by atoms with Crippen molar-refractivity contribution >= 4 is 23.5 Å². The van der Waals surface area contributed by atoms with Gasteiger partial charge >= 0.3 is 0 Å².